The molecule has 19 heavy (non-hydrogen) atoms. The maximum Gasteiger partial charge on any atom is 0.315 e. The molecular weight excluding hydrogens is 260 g/mol. The lowest BCUT2D eigenvalue weighted by atomic mass is 9.76. The molecule has 0 radical (unpaired) electrons. The second kappa shape index (κ2) is 5.50. The topological polar surface area (TPSA) is 76.2 Å². The normalized spacial score (nSPS) is 14.0. The first kappa shape index (κ1) is 13.7. The van der Waals surface area contributed by atoms with Crippen LogP contribution < -0.4 is 5.73 Å². The summed E-state index contributed by atoms with van der Waals surface area (Å²) in [5.41, 5.74) is 6.42. The summed E-state index contributed by atoms with van der Waals surface area (Å²) in [5, 5.41) is 12.3. The summed E-state index contributed by atoms with van der Waals surface area (Å²) in [6.45, 7) is 1.96. The number of hydrogen-bond acceptors (Lipinski definition) is 4. The van der Waals surface area contributed by atoms with Crippen LogP contribution in [0.3, 0.4) is 0 Å². The average Bonchev–Trinajstić information content (AvgIpc) is 2.89. The number of aliphatic carboxylic acids is 1. The summed E-state index contributed by atoms with van der Waals surface area (Å²) in [6.07, 6.45) is 2.00. The molecular formula is C14H16N2O2S. The van der Waals surface area contributed by atoms with Gasteiger partial charge in [0, 0.05) is 24.5 Å². The zero-order valence-corrected chi connectivity index (χ0v) is 11.5. The minimum atomic E-state index is -1.11. The van der Waals surface area contributed by atoms with Gasteiger partial charge in [0.05, 0.1) is 5.01 Å². The third-order valence-electron chi connectivity index (χ3n) is 3.35. The first-order valence-corrected chi connectivity index (χ1v) is 6.86. The van der Waals surface area contributed by atoms with Crippen LogP contribution in [-0.4, -0.2) is 22.6 Å². The predicted octanol–water partition coefficient (Wildman–Crippen LogP) is 1.98. The highest BCUT2D eigenvalue weighted by atomic mass is 32.1. The van der Waals surface area contributed by atoms with Crippen molar-refractivity contribution in [1.82, 2.24) is 4.98 Å². The van der Waals surface area contributed by atoms with E-state index in [0.717, 1.165) is 16.1 Å². The Kier molecular flexibility index (Phi) is 3.97. The molecule has 0 bridgehead atoms. The molecule has 1 heterocycles. The number of carboxylic acids is 1. The third-order valence-corrected chi connectivity index (χ3v) is 4.13. The van der Waals surface area contributed by atoms with Crippen molar-refractivity contribution in [2.45, 2.75) is 18.8 Å². The van der Waals surface area contributed by atoms with Crippen LogP contribution in [0, 0.1) is 6.92 Å². The van der Waals surface area contributed by atoms with Gasteiger partial charge in [0.2, 0.25) is 0 Å². The van der Waals surface area contributed by atoms with E-state index in [0.29, 0.717) is 6.42 Å². The summed E-state index contributed by atoms with van der Waals surface area (Å²) < 4.78 is 0. The fourth-order valence-corrected chi connectivity index (χ4v) is 2.99. The molecule has 4 nitrogen and oxygen atoms in total. The second-order valence-electron chi connectivity index (χ2n) is 4.51. The van der Waals surface area contributed by atoms with Gasteiger partial charge in [-0.15, -0.1) is 11.3 Å². The van der Waals surface area contributed by atoms with Crippen LogP contribution in [0.25, 0.3) is 0 Å². The summed E-state index contributed by atoms with van der Waals surface area (Å²) in [4.78, 5) is 16.0. The Morgan fingerprint density at radius 1 is 1.47 bits per heavy atom. The summed E-state index contributed by atoms with van der Waals surface area (Å²) >= 11 is 1.45. The Labute approximate surface area is 115 Å². The lowest BCUT2D eigenvalue weighted by Gasteiger charge is -2.29. The number of nitrogens with two attached hydrogens (primary N) is 1. The van der Waals surface area contributed by atoms with Crippen LogP contribution in [0.2, 0.25) is 0 Å². The van der Waals surface area contributed by atoms with Crippen LogP contribution >= 0.6 is 11.3 Å². The number of aryl methyl sites for hydroxylation is 1. The highest BCUT2D eigenvalue weighted by Gasteiger charge is 2.41. The van der Waals surface area contributed by atoms with Crippen LogP contribution in [0.4, 0.5) is 0 Å². The fraction of sp³-hybridized carbons (Fsp3) is 0.286. The van der Waals surface area contributed by atoms with Gasteiger partial charge in [0.1, 0.15) is 5.41 Å². The largest absolute Gasteiger partial charge is 0.481 e. The zero-order valence-electron chi connectivity index (χ0n) is 10.7. The van der Waals surface area contributed by atoms with E-state index in [2.05, 4.69) is 4.98 Å². The van der Waals surface area contributed by atoms with E-state index in [1.165, 1.54) is 11.3 Å². The monoisotopic (exact) mass is 276 g/mol. The Bertz CT molecular complexity index is 569. The number of hydrogen-bond donors (Lipinski definition) is 2. The van der Waals surface area contributed by atoms with Crippen molar-refractivity contribution in [3.63, 3.8) is 0 Å². The van der Waals surface area contributed by atoms with Crippen molar-refractivity contribution < 1.29 is 9.90 Å². The van der Waals surface area contributed by atoms with Crippen LogP contribution in [0.1, 0.15) is 16.1 Å². The molecule has 0 amide bonds. The van der Waals surface area contributed by atoms with Crippen molar-refractivity contribution in [3.8, 4) is 0 Å². The molecule has 0 saturated carbocycles. The molecule has 2 rings (SSSR count). The Hall–Kier alpha value is -1.72. The summed E-state index contributed by atoms with van der Waals surface area (Å²) in [5.74, 6) is -0.903. The molecule has 0 aliphatic carbocycles. The maximum absolute atomic E-state index is 11.8. The maximum atomic E-state index is 11.8. The lowest BCUT2D eigenvalue weighted by molar-refractivity contribution is -0.143. The third kappa shape index (κ3) is 2.52. The van der Waals surface area contributed by atoms with Crippen molar-refractivity contribution in [3.05, 3.63) is 52.0 Å². The van der Waals surface area contributed by atoms with Crippen LogP contribution in [0.5, 0.6) is 0 Å². The number of carboxylic acid groups (broad SMARTS) is 1. The zero-order chi connectivity index (χ0) is 13.9. The molecule has 0 fully saturated rings. The molecule has 2 aromatic rings. The fourth-order valence-electron chi connectivity index (χ4n) is 2.26. The standard InChI is InChI=1S/C14H16N2O2S/c1-10-4-2-3-5-11(10)14(9-15,13(17)18)8-12-16-6-7-19-12/h2-7H,8-9,15H2,1H3,(H,17,18). The molecule has 0 aliphatic heterocycles. The molecule has 0 saturated heterocycles. The number of thiazole rings is 1. The highest BCUT2D eigenvalue weighted by Crippen LogP contribution is 2.31. The summed E-state index contributed by atoms with van der Waals surface area (Å²) in [6, 6.07) is 7.48. The molecule has 0 spiro atoms. The van der Waals surface area contributed by atoms with Gasteiger partial charge in [-0.25, -0.2) is 4.98 Å². The van der Waals surface area contributed by atoms with E-state index >= 15 is 0 Å². The van der Waals surface area contributed by atoms with Gasteiger partial charge in [0.25, 0.3) is 0 Å². The van der Waals surface area contributed by atoms with Gasteiger partial charge in [-0.2, -0.15) is 0 Å². The number of carbonyl (C=O) groups is 1. The van der Waals surface area contributed by atoms with Crippen molar-refractivity contribution >= 4 is 17.3 Å². The van der Waals surface area contributed by atoms with E-state index in [1.54, 1.807) is 6.20 Å². The van der Waals surface area contributed by atoms with Gasteiger partial charge < -0.3 is 10.8 Å². The predicted molar refractivity (Wildman–Crippen MR) is 75.4 cm³/mol. The average molecular weight is 276 g/mol. The van der Waals surface area contributed by atoms with Gasteiger partial charge in [-0.05, 0) is 18.1 Å². The number of benzene rings is 1. The highest BCUT2D eigenvalue weighted by molar-refractivity contribution is 7.09. The molecule has 1 aromatic carbocycles. The Morgan fingerprint density at radius 2 is 2.21 bits per heavy atom. The Balaban J connectivity index is 2.51. The second-order valence-corrected chi connectivity index (χ2v) is 5.49. The van der Waals surface area contributed by atoms with Crippen molar-refractivity contribution in [1.29, 1.82) is 0 Å². The van der Waals surface area contributed by atoms with E-state index in [1.807, 2.05) is 36.6 Å². The SMILES string of the molecule is Cc1ccccc1C(CN)(Cc1nccs1)C(=O)O. The molecule has 0 aliphatic rings. The van der Waals surface area contributed by atoms with Crippen LogP contribution in [-0.2, 0) is 16.6 Å². The van der Waals surface area contributed by atoms with Gasteiger partial charge in [-0.3, -0.25) is 4.79 Å². The van der Waals surface area contributed by atoms with Crippen molar-refractivity contribution in [2.24, 2.45) is 5.73 Å². The first-order chi connectivity index (χ1) is 9.10. The lowest BCUT2D eigenvalue weighted by Crippen LogP contribution is -2.45. The number of nitrogens with zero attached hydrogens (tertiary/aromatic N) is 1. The van der Waals surface area contributed by atoms with E-state index < -0.39 is 11.4 Å². The molecule has 1 aromatic heterocycles. The Morgan fingerprint density at radius 3 is 2.74 bits per heavy atom. The van der Waals surface area contributed by atoms with Gasteiger partial charge in [0.15, 0.2) is 0 Å². The van der Waals surface area contributed by atoms with Gasteiger partial charge in [-0.1, -0.05) is 24.3 Å². The van der Waals surface area contributed by atoms with Gasteiger partial charge >= 0.3 is 5.97 Å². The summed E-state index contributed by atoms with van der Waals surface area (Å²) in [7, 11) is 0. The van der Waals surface area contributed by atoms with Crippen LogP contribution in [0.15, 0.2) is 35.8 Å². The minimum absolute atomic E-state index is 0.0484. The minimum Gasteiger partial charge on any atom is -0.481 e. The molecule has 3 N–H and O–H groups in total. The van der Waals surface area contributed by atoms with E-state index in [-0.39, 0.29) is 6.54 Å². The number of rotatable bonds is 5. The molecule has 1 unspecified atom stereocenters. The molecule has 100 valence electrons. The van der Waals surface area contributed by atoms with Crippen molar-refractivity contribution in [2.75, 3.05) is 6.54 Å². The first-order valence-electron chi connectivity index (χ1n) is 5.98. The molecule has 5 heteroatoms. The molecule has 1 atom stereocenters. The smallest absolute Gasteiger partial charge is 0.315 e. The number of aromatic nitrogens is 1. The van der Waals surface area contributed by atoms with E-state index in [4.69, 9.17) is 5.73 Å². The van der Waals surface area contributed by atoms with E-state index in [9.17, 15) is 9.90 Å². The quantitative estimate of drug-likeness (QED) is 0.875.